The summed E-state index contributed by atoms with van der Waals surface area (Å²) in [6, 6.07) is 5.96. The third kappa shape index (κ3) is 4.24. The Hall–Kier alpha value is -1.55. The molecule has 0 spiro atoms. The van der Waals surface area contributed by atoms with Crippen molar-refractivity contribution in [3.05, 3.63) is 23.8 Å². The molecule has 1 amide bonds. The maximum Gasteiger partial charge on any atom is 0.224 e. The van der Waals surface area contributed by atoms with E-state index in [4.69, 9.17) is 4.74 Å². The number of rotatable bonds is 7. The first kappa shape index (κ1) is 13.9. The predicted octanol–water partition coefficient (Wildman–Crippen LogP) is 2.34. The van der Waals surface area contributed by atoms with E-state index in [1.54, 1.807) is 0 Å². The van der Waals surface area contributed by atoms with E-state index in [2.05, 4.69) is 17.6 Å². The zero-order valence-corrected chi connectivity index (χ0v) is 11.5. The zero-order valence-electron chi connectivity index (χ0n) is 11.5. The highest BCUT2D eigenvalue weighted by molar-refractivity contribution is 5.94. The summed E-state index contributed by atoms with van der Waals surface area (Å²) < 4.78 is 5.71. The maximum atomic E-state index is 11.3. The molecule has 0 fully saturated rings. The number of nitrogens with one attached hydrogen (secondary N) is 2. The van der Waals surface area contributed by atoms with Crippen LogP contribution >= 0.6 is 0 Å². The van der Waals surface area contributed by atoms with Gasteiger partial charge in [0.1, 0.15) is 5.75 Å². The number of carbonyl (C=O) groups excluding carboxylic acids is 1. The minimum atomic E-state index is 0.0929. The van der Waals surface area contributed by atoms with Crippen LogP contribution in [0.2, 0.25) is 0 Å². The lowest BCUT2D eigenvalue weighted by molar-refractivity contribution is -0.116. The molecule has 2 rings (SSSR count). The van der Waals surface area contributed by atoms with Gasteiger partial charge in [0.25, 0.3) is 0 Å². The van der Waals surface area contributed by atoms with E-state index in [-0.39, 0.29) is 5.91 Å². The Morgan fingerprint density at radius 2 is 2.21 bits per heavy atom. The van der Waals surface area contributed by atoms with Gasteiger partial charge in [-0.25, -0.2) is 0 Å². The average molecular weight is 262 g/mol. The SMILES string of the molecule is CCNCCCCOc1ccc2c(c1)NC(=O)CC2. The number of carbonyl (C=O) groups is 1. The van der Waals surface area contributed by atoms with E-state index in [9.17, 15) is 4.79 Å². The summed E-state index contributed by atoms with van der Waals surface area (Å²) in [5, 5.41) is 6.18. The molecule has 0 unspecified atom stereocenters. The van der Waals surface area contributed by atoms with Gasteiger partial charge in [-0.3, -0.25) is 4.79 Å². The lowest BCUT2D eigenvalue weighted by Crippen LogP contribution is -2.18. The zero-order chi connectivity index (χ0) is 13.5. The molecule has 1 heterocycles. The molecule has 1 aromatic rings. The van der Waals surface area contributed by atoms with Gasteiger partial charge in [-0.2, -0.15) is 0 Å². The summed E-state index contributed by atoms with van der Waals surface area (Å²) in [6.45, 7) is 4.89. The summed E-state index contributed by atoms with van der Waals surface area (Å²) in [7, 11) is 0. The topological polar surface area (TPSA) is 50.4 Å². The molecule has 2 N–H and O–H groups in total. The summed E-state index contributed by atoms with van der Waals surface area (Å²) >= 11 is 0. The predicted molar refractivity (Wildman–Crippen MR) is 76.7 cm³/mol. The Morgan fingerprint density at radius 1 is 1.32 bits per heavy atom. The van der Waals surface area contributed by atoms with Crippen molar-refractivity contribution in [1.82, 2.24) is 5.32 Å². The van der Waals surface area contributed by atoms with Gasteiger partial charge < -0.3 is 15.4 Å². The van der Waals surface area contributed by atoms with Gasteiger partial charge in [-0.05, 0) is 44.0 Å². The molecule has 0 saturated heterocycles. The van der Waals surface area contributed by atoms with Gasteiger partial charge in [0, 0.05) is 18.2 Å². The number of amides is 1. The number of anilines is 1. The van der Waals surface area contributed by atoms with Crippen molar-refractivity contribution in [2.24, 2.45) is 0 Å². The van der Waals surface area contributed by atoms with Crippen LogP contribution in [0, 0.1) is 0 Å². The van der Waals surface area contributed by atoms with Crippen LogP contribution in [0.5, 0.6) is 5.75 Å². The largest absolute Gasteiger partial charge is 0.494 e. The van der Waals surface area contributed by atoms with E-state index in [0.29, 0.717) is 6.42 Å². The minimum Gasteiger partial charge on any atom is -0.494 e. The Bertz CT molecular complexity index is 432. The molecular formula is C15H22N2O2. The van der Waals surface area contributed by atoms with Gasteiger partial charge in [-0.15, -0.1) is 0 Å². The summed E-state index contributed by atoms with van der Waals surface area (Å²) in [4.78, 5) is 11.3. The molecule has 0 atom stereocenters. The molecule has 0 aromatic heterocycles. The fourth-order valence-corrected chi connectivity index (χ4v) is 2.16. The number of hydrogen-bond donors (Lipinski definition) is 2. The molecule has 19 heavy (non-hydrogen) atoms. The van der Waals surface area contributed by atoms with E-state index in [1.165, 1.54) is 5.56 Å². The number of benzene rings is 1. The Labute approximate surface area is 114 Å². The van der Waals surface area contributed by atoms with Crippen molar-refractivity contribution >= 4 is 11.6 Å². The van der Waals surface area contributed by atoms with Crippen LogP contribution in [0.4, 0.5) is 5.69 Å². The first-order chi connectivity index (χ1) is 9.29. The monoisotopic (exact) mass is 262 g/mol. The Balaban J connectivity index is 1.78. The highest BCUT2D eigenvalue weighted by atomic mass is 16.5. The lowest BCUT2D eigenvalue weighted by atomic mass is 10.0. The first-order valence-corrected chi connectivity index (χ1v) is 7.06. The molecule has 0 aliphatic carbocycles. The first-order valence-electron chi connectivity index (χ1n) is 7.06. The maximum absolute atomic E-state index is 11.3. The highest BCUT2D eigenvalue weighted by Crippen LogP contribution is 2.27. The molecular weight excluding hydrogens is 240 g/mol. The van der Waals surface area contributed by atoms with Crippen LogP contribution in [-0.4, -0.2) is 25.6 Å². The van der Waals surface area contributed by atoms with Crippen LogP contribution in [0.1, 0.15) is 31.7 Å². The van der Waals surface area contributed by atoms with Crippen molar-refractivity contribution in [2.45, 2.75) is 32.6 Å². The van der Waals surface area contributed by atoms with Crippen LogP contribution in [0.15, 0.2) is 18.2 Å². The minimum absolute atomic E-state index is 0.0929. The number of hydrogen-bond acceptors (Lipinski definition) is 3. The van der Waals surface area contributed by atoms with E-state index >= 15 is 0 Å². The lowest BCUT2D eigenvalue weighted by Gasteiger charge is -2.17. The molecule has 0 radical (unpaired) electrons. The molecule has 0 saturated carbocycles. The fraction of sp³-hybridized carbons (Fsp3) is 0.533. The number of aryl methyl sites for hydroxylation is 1. The second kappa shape index (κ2) is 7.14. The number of fused-ring (bicyclic) bond motifs is 1. The summed E-state index contributed by atoms with van der Waals surface area (Å²) in [5.74, 6) is 0.930. The molecule has 104 valence electrons. The van der Waals surface area contributed by atoms with E-state index < -0.39 is 0 Å². The van der Waals surface area contributed by atoms with E-state index in [1.807, 2.05) is 18.2 Å². The molecule has 0 bridgehead atoms. The second-order valence-corrected chi connectivity index (χ2v) is 4.78. The smallest absolute Gasteiger partial charge is 0.224 e. The highest BCUT2D eigenvalue weighted by Gasteiger charge is 2.14. The Morgan fingerprint density at radius 3 is 3.05 bits per heavy atom. The van der Waals surface area contributed by atoms with E-state index in [0.717, 1.165) is 50.4 Å². The van der Waals surface area contributed by atoms with Gasteiger partial charge in [0.2, 0.25) is 5.91 Å². The molecule has 1 aliphatic rings. The third-order valence-corrected chi connectivity index (χ3v) is 3.24. The van der Waals surface area contributed by atoms with Crippen molar-refractivity contribution in [2.75, 3.05) is 25.0 Å². The summed E-state index contributed by atoms with van der Waals surface area (Å²) in [5.41, 5.74) is 2.10. The fourth-order valence-electron chi connectivity index (χ4n) is 2.16. The van der Waals surface area contributed by atoms with Crippen molar-refractivity contribution in [3.8, 4) is 5.75 Å². The van der Waals surface area contributed by atoms with Crippen molar-refractivity contribution in [1.29, 1.82) is 0 Å². The molecule has 1 aromatic carbocycles. The number of unbranched alkanes of at least 4 members (excludes halogenated alkanes) is 1. The number of ether oxygens (including phenoxy) is 1. The second-order valence-electron chi connectivity index (χ2n) is 4.78. The van der Waals surface area contributed by atoms with Crippen molar-refractivity contribution in [3.63, 3.8) is 0 Å². The van der Waals surface area contributed by atoms with Crippen LogP contribution in [0.3, 0.4) is 0 Å². The van der Waals surface area contributed by atoms with Crippen molar-refractivity contribution < 1.29 is 9.53 Å². The van der Waals surface area contributed by atoms with Gasteiger partial charge in [0.15, 0.2) is 0 Å². The van der Waals surface area contributed by atoms with Crippen LogP contribution < -0.4 is 15.4 Å². The van der Waals surface area contributed by atoms with Gasteiger partial charge in [0.05, 0.1) is 6.61 Å². The normalized spacial score (nSPS) is 13.8. The quantitative estimate of drug-likeness (QED) is 0.742. The average Bonchev–Trinajstić information content (AvgIpc) is 2.42. The molecule has 4 heteroatoms. The van der Waals surface area contributed by atoms with Crippen LogP contribution in [0.25, 0.3) is 0 Å². The molecule has 4 nitrogen and oxygen atoms in total. The Kier molecular flexibility index (Phi) is 5.21. The van der Waals surface area contributed by atoms with Crippen LogP contribution in [-0.2, 0) is 11.2 Å². The van der Waals surface area contributed by atoms with Gasteiger partial charge >= 0.3 is 0 Å². The standard InChI is InChI=1S/C15H22N2O2/c1-2-16-9-3-4-10-19-13-7-5-12-6-8-15(18)17-14(12)11-13/h5,7,11,16H,2-4,6,8-10H2,1H3,(H,17,18). The van der Waals surface area contributed by atoms with Gasteiger partial charge in [-0.1, -0.05) is 13.0 Å². The summed E-state index contributed by atoms with van der Waals surface area (Å²) in [6.07, 6.45) is 3.56. The third-order valence-electron chi connectivity index (χ3n) is 3.24. The molecule has 1 aliphatic heterocycles.